The summed E-state index contributed by atoms with van der Waals surface area (Å²) in [6, 6.07) is 1.98. The van der Waals surface area contributed by atoms with E-state index < -0.39 is 0 Å². The second-order valence-corrected chi connectivity index (χ2v) is 4.93. The van der Waals surface area contributed by atoms with E-state index in [0.717, 1.165) is 0 Å². The molecule has 0 aliphatic rings. The first-order valence-electron chi connectivity index (χ1n) is 6.49. The Kier molecular flexibility index (Phi) is 5.54. The van der Waals surface area contributed by atoms with E-state index in [1.54, 1.807) is 16.9 Å². The average Bonchev–Trinajstić information content (AvgIpc) is 2.75. The van der Waals surface area contributed by atoms with Gasteiger partial charge >= 0.3 is 0 Å². The second-order valence-electron chi connectivity index (χ2n) is 4.93. The maximum absolute atomic E-state index is 11.7. The van der Waals surface area contributed by atoms with Gasteiger partial charge in [0, 0.05) is 26.0 Å². The van der Waals surface area contributed by atoms with Crippen LogP contribution in [0.4, 0.5) is 5.82 Å². The number of nitrogens with one attached hydrogen (secondary N) is 2. The number of amides is 2. The van der Waals surface area contributed by atoms with Crippen LogP contribution in [0.2, 0.25) is 0 Å². The lowest BCUT2D eigenvalue weighted by atomic mass is 10.1. The van der Waals surface area contributed by atoms with Crippen LogP contribution in [0.3, 0.4) is 0 Å². The summed E-state index contributed by atoms with van der Waals surface area (Å²) < 4.78 is 1.81. The summed E-state index contributed by atoms with van der Waals surface area (Å²) >= 11 is 0. The third-order valence-electron chi connectivity index (χ3n) is 3.01. The molecule has 0 saturated heterocycles. The fourth-order valence-corrected chi connectivity index (χ4v) is 1.58. The van der Waals surface area contributed by atoms with Gasteiger partial charge in [0.2, 0.25) is 11.8 Å². The number of hydrogen-bond acceptors (Lipinski definition) is 3. The fraction of sp³-hybridized carbons (Fsp3) is 0.615. The van der Waals surface area contributed by atoms with Crippen molar-refractivity contribution < 1.29 is 9.59 Å². The number of anilines is 1. The van der Waals surface area contributed by atoms with Crippen molar-refractivity contribution in [2.24, 2.45) is 5.92 Å². The summed E-state index contributed by atoms with van der Waals surface area (Å²) in [5, 5.41) is 9.63. The summed E-state index contributed by atoms with van der Waals surface area (Å²) in [7, 11) is 0. The van der Waals surface area contributed by atoms with Crippen molar-refractivity contribution in [2.45, 2.75) is 40.2 Å². The molecular weight excluding hydrogens is 244 g/mol. The predicted molar refractivity (Wildman–Crippen MR) is 73.7 cm³/mol. The lowest BCUT2D eigenvalue weighted by molar-refractivity contribution is -0.119. The van der Waals surface area contributed by atoms with Crippen molar-refractivity contribution in [3.8, 4) is 0 Å². The summed E-state index contributed by atoms with van der Waals surface area (Å²) in [5.41, 5.74) is 0. The molecule has 19 heavy (non-hydrogen) atoms. The van der Waals surface area contributed by atoms with E-state index in [2.05, 4.69) is 36.5 Å². The molecule has 0 radical (unpaired) electrons. The first-order chi connectivity index (χ1) is 8.91. The van der Waals surface area contributed by atoms with Gasteiger partial charge in [0.15, 0.2) is 0 Å². The Bertz CT molecular complexity index is 440. The average molecular weight is 266 g/mol. The monoisotopic (exact) mass is 266 g/mol. The van der Waals surface area contributed by atoms with Gasteiger partial charge in [0.05, 0.1) is 12.2 Å². The van der Waals surface area contributed by atoms with Crippen molar-refractivity contribution in [3.05, 3.63) is 12.3 Å². The third kappa shape index (κ3) is 4.73. The number of carbonyl (C=O) groups excluding carboxylic acids is 2. The van der Waals surface area contributed by atoms with Crippen LogP contribution < -0.4 is 10.6 Å². The molecule has 0 spiro atoms. The molecule has 1 heterocycles. The minimum atomic E-state index is -0.133. The van der Waals surface area contributed by atoms with Crippen LogP contribution in [0, 0.1) is 5.92 Å². The highest BCUT2D eigenvalue weighted by Crippen LogP contribution is 2.20. The highest BCUT2D eigenvalue weighted by atomic mass is 16.2. The smallest absolute Gasteiger partial charge is 0.227 e. The van der Waals surface area contributed by atoms with Gasteiger partial charge in [-0.2, -0.15) is 5.10 Å². The molecule has 0 aliphatic heterocycles. The second kappa shape index (κ2) is 6.92. The largest absolute Gasteiger partial charge is 0.356 e. The number of hydrogen-bond donors (Lipinski definition) is 2. The first-order valence-corrected chi connectivity index (χ1v) is 6.49. The van der Waals surface area contributed by atoms with Gasteiger partial charge in [-0.15, -0.1) is 0 Å². The zero-order valence-electron chi connectivity index (χ0n) is 11.9. The van der Waals surface area contributed by atoms with E-state index >= 15 is 0 Å². The molecule has 2 amide bonds. The number of rotatable bonds is 6. The molecule has 0 bridgehead atoms. The summed E-state index contributed by atoms with van der Waals surface area (Å²) in [6.07, 6.45) is 1.92. The zero-order valence-corrected chi connectivity index (χ0v) is 11.9. The van der Waals surface area contributed by atoms with Crippen LogP contribution in [-0.2, 0) is 9.59 Å². The maximum Gasteiger partial charge on any atom is 0.227 e. The van der Waals surface area contributed by atoms with Crippen molar-refractivity contribution in [2.75, 3.05) is 11.9 Å². The molecule has 1 rings (SSSR count). The van der Waals surface area contributed by atoms with E-state index in [0.29, 0.717) is 18.3 Å². The topological polar surface area (TPSA) is 76.0 Å². The zero-order chi connectivity index (χ0) is 14.4. The third-order valence-corrected chi connectivity index (χ3v) is 3.01. The normalized spacial score (nSPS) is 12.3. The van der Waals surface area contributed by atoms with Crippen molar-refractivity contribution in [1.82, 2.24) is 15.1 Å². The van der Waals surface area contributed by atoms with Gasteiger partial charge in [-0.25, -0.2) is 4.68 Å². The molecule has 0 saturated carbocycles. The van der Waals surface area contributed by atoms with Gasteiger partial charge < -0.3 is 10.6 Å². The van der Waals surface area contributed by atoms with E-state index in [4.69, 9.17) is 0 Å². The van der Waals surface area contributed by atoms with Crippen molar-refractivity contribution in [3.63, 3.8) is 0 Å². The van der Waals surface area contributed by atoms with Crippen LogP contribution in [-0.4, -0.2) is 28.1 Å². The Morgan fingerprint density at radius 1 is 1.37 bits per heavy atom. The molecule has 106 valence electrons. The molecule has 0 fully saturated rings. The molecule has 6 nitrogen and oxygen atoms in total. The fourth-order valence-electron chi connectivity index (χ4n) is 1.58. The Morgan fingerprint density at radius 2 is 2.05 bits per heavy atom. The molecule has 2 N–H and O–H groups in total. The minimum Gasteiger partial charge on any atom is -0.356 e. The summed E-state index contributed by atoms with van der Waals surface area (Å²) in [5.74, 6) is 0.849. The molecule has 1 aromatic heterocycles. The Hall–Kier alpha value is -1.85. The van der Waals surface area contributed by atoms with Gasteiger partial charge in [0.1, 0.15) is 5.82 Å². The quantitative estimate of drug-likeness (QED) is 0.820. The lowest BCUT2D eigenvalue weighted by Gasteiger charge is -2.19. The minimum absolute atomic E-state index is 0.133. The summed E-state index contributed by atoms with van der Waals surface area (Å²) in [6.45, 7) is 8.04. The van der Waals surface area contributed by atoms with Gasteiger partial charge in [-0.1, -0.05) is 13.8 Å². The molecular formula is C13H22N4O2. The van der Waals surface area contributed by atoms with E-state index in [1.165, 1.54) is 6.92 Å². The molecule has 1 atom stereocenters. The van der Waals surface area contributed by atoms with E-state index in [1.807, 2.05) is 0 Å². The lowest BCUT2D eigenvalue weighted by Crippen LogP contribution is -2.26. The Balaban J connectivity index is 2.55. The van der Waals surface area contributed by atoms with Crippen LogP contribution in [0.1, 0.15) is 40.2 Å². The molecule has 0 aromatic carbocycles. The summed E-state index contributed by atoms with van der Waals surface area (Å²) in [4.78, 5) is 22.4. The Labute approximate surface area is 113 Å². The van der Waals surface area contributed by atoms with Gasteiger partial charge in [0.25, 0.3) is 0 Å². The Morgan fingerprint density at radius 3 is 2.63 bits per heavy atom. The molecule has 6 heteroatoms. The van der Waals surface area contributed by atoms with Crippen LogP contribution in [0.15, 0.2) is 12.3 Å². The highest BCUT2D eigenvalue weighted by molar-refractivity contribution is 5.90. The maximum atomic E-state index is 11.7. The standard InChI is InChI=1S/C13H22N4O2/c1-9(2)10(3)17-12(5-8-15-17)16-13(19)6-7-14-11(4)18/h5,8-10H,6-7H2,1-4H3,(H,14,18)(H,16,19). The van der Waals surface area contributed by atoms with Crippen LogP contribution in [0.25, 0.3) is 0 Å². The van der Waals surface area contributed by atoms with Gasteiger partial charge in [-0.05, 0) is 12.8 Å². The number of aromatic nitrogens is 2. The number of nitrogens with zero attached hydrogens (tertiary/aromatic N) is 2. The van der Waals surface area contributed by atoms with Crippen LogP contribution >= 0.6 is 0 Å². The molecule has 1 aromatic rings. The number of carbonyl (C=O) groups is 2. The SMILES string of the molecule is CC(=O)NCCC(=O)Nc1ccnn1C(C)C(C)C. The predicted octanol–water partition coefficient (Wildman–Crippen LogP) is 1.56. The molecule has 1 unspecified atom stereocenters. The van der Waals surface area contributed by atoms with Crippen molar-refractivity contribution >= 4 is 17.6 Å². The highest BCUT2D eigenvalue weighted by Gasteiger charge is 2.15. The first kappa shape index (κ1) is 15.2. The molecule has 0 aliphatic carbocycles. The van der Waals surface area contributed by atoms with Gasteiger partial charge in [-0.3, -0.25) is 9.59 Å². The van der Waals surface area contributed by atoms with E-state index in [9.17, 15) is 9.59 Å². The van der Waals surface area contributed by atoms with Crippen molar-refractivity contribution in [1.29, 1.82) is 0 Å². The van der Waals surface area contributed by atoms with Crippen LogP contribution in [0.5, 0.6) is 0 Å². The van der Waals surface area contributed by atoms with E-state index in [-0.39, 0.29) is 24.3 Å².